The molecule has 20 heavy (non-hydrogen) atoms. The summed E-state index contributed by atoms with van der Waals surface area (Å²) in [6, 6.07) is 9.16. The maximum Gasteiger partial charge on any atom is 0.416 e. The Bertz CT molecular complexity index is 609. The lowest BCUT2D eigenvalue weighted by Crippen LogP contribution is -2.14. The number of pyridine rings is 1. The van der Waals surface area contributed by atoms with E-state index in [4.69, 9.17) is 11.6 Å². The fourth-order valence-electron chi connectivity index (χ4n) is 1.72. The zero-order valence-electron chi connectivity index (χ0n) is 10.9. The van der Waals surface area contributed by atoms with E-state index in [1.54, 1.807) is 11.9 Å². The SMILES string of the molecule is Cc1ccc(N(C)c2cc(C(F)(F)F)cc(Cl)n2)cc1. The van der Waals surface area contributed by atoms with Crippen LogP contribution < -0.4 is 4.90 Å². The number of anilines is 2. The van der Waals surface area contributed by atoms with E-state index >= 15 is 0 Å². The zero-order valence-corrected chi connectivity index (χ0v) is 11.6. The first kappa shape index (κ1) is 14.7. The van der Waals surface area contributed by atoms with Gasteiger partial charge in [-0.1, -0.05) is 29.3 Å². The van der Waals surface area contributed by atoms with Gasteiger partial charge in [0.1, 0.15) is 11.0 Å². The number of hydrogen-bond acceptors (Lipinski definition) is 2. The predicted octanol–water partition coefficient (Wildman–Crippen LogP) is 4.83. The molecule has 6 heteroatoms. The van der Waals surface area contributed by atoms with Crippen LogP contribution in [0.2, 0.25) is 5.15 Å². The smallest absolute Gasteiger partial charge is 0.329 e. The molecule has 2 nitrogen and oxygen atoms in total. The molecular weight excluding hydrogens is 289 g/mol. The van der Waals surface area contributed by atoms with Crippen molar-refractivity contribution in [2.75, 3.05) is 11.9 Å². The third kappa shape index (κ3) is 3.22. The Balaban J connectivity index is 2.42. The van der Waals surface area contributed by atoms with E-state index in [1.165, 1.54) is 0 Å². The minimum absolute atomic E-state index is 0.147. The van der Waals surface area contributed by atoms with E-state index in [2.05, 4.69) is 4.98 Å². The number of alkyl halides is 3. The van der Waals surface area contributed by atoms with Crippen molar-refractivity contribution in [3.63, 3.8) is 0 Å². The van der Waals surface area contributed by atoms with Gasteiger partial charge in [-0.05, 0) is 31.2 Å². The number of rotatable bonds is 2. The van der Waals surface area contributed by atoms with E-state index in [-0.39, 0.29) is 11.0 Å². The first-order chi connectivity index (χ1) is 9.27. The van der Waals surface area contributed by atoms with Crippen LogP contribution in [0.4, 0.5) is 24.7 Å². The summed E-state index contributed by atoms with van der Waals surface area (Å²) in [5, 5.41) is -0.186. The Morgan fingerprint density at radius 1 is 1.10 bits per heavy atom. The number of aromatic nitrogens is 1. The van der Waals surface area contributed by atoms with Crippen molar-refractivity contribution in [3.05, 3.63) is 52.7 Å². The van der Waals surface area contributed by atoms with Gasteiger partial charge in [-0.2, -0.15) is 13.2 Å². The van der Waals surface area contributed by atoms with Crippen molar-refractivity contribution >= 4 is 23.1 Å². The van der Waals surface area contributed by atoms with Crippen molar-refractivity contribution in [2.24, 2.45) is 0 Å². The van der Waals surface area contributed by atoms with E-state index in [0.717, 1.165) is 23.4 Å². The molecule has 0 fully saturated rings. The minimum Gasteiger partial charge on any atom is -0.329 e. The lowest BCUT2D eigenvalue weighted by molar-refractivity contribution is -0.137. The lowest BCUT2D eigenvalue weighted by atomic mass is 10.2. The van der Waals surface area contributed by atoms with Crippen LogP contribution in [0.3, 0.4) is 0 Å². The van der Waals surface area contributed by atoms with E-state index < -0.39 is 11.7 Å². The third-order valence-corrected chi connectivity index (χ3v) is 3.07. The Morgan fingerprint density at radius 3 is 2.25 bits per heavy atom. The highest BCUT2D eigenvalue weighted by molar-refractivity contribution is 6.29. The molecule has 0 unspecified atom stereocenters. The van der Waals surface area contributed by atoms with E-state index in [9.17, 15) is 13.2 Å². The number of nitrogens with zero attached hydrogens (tertiary/aromatic N) is 2. The molecule has 0 amide bonds. The van der Waals surface area contributed by atoms with Gasteiger partial charge in [0.15, 0.2) is 0 Å². The molecule has 1 heterocycles. The summed E-state index contributed by atoms with van der Waals surface area (Å²) < 4.78 is 38.3. The number of aryl methyl sites for hydroxylation is 1. The number of halogens is 4. The topological polar surface area (TPSA) is 16.1 Å². The average Bonchev–Trinajstić information content (AvgIpc) is 2.37. The summed E-state index contributed by atoms with van der Waals surface area (Å²) in [6.07, 6.45) is -4.45. The van der Waals surface area contributed by atoms with Gasteiger partial charge in [0.25, 0.3) is 0 Å². The van der Waals surface area contributed by atoms with Gasteiger partial charge < -0.3 is 4.90 Å². The van der Waals surface area contributed by atoms with Crippen LogP contribution in [-0.4, -0.2) is 12.0 Å². The Kier molecular flexibility index (Phi) is 3.90. The minimum atomic E-state index is -4.45. The summed E-state index contributed by atoms with van der Waals surface area (Å²) >= 11 is 5.68. The second kappa shape index (κ2) is 5.32. The van der Waals surface area contributed by atoms with Crippen molar-refractivity contribution in [3.8, 4) is 0 Å². The average molecular weight is 301 g/mol. The van der Waals surface area contributed by atoms with Gasteiger partial charge >= 0.3 is 6.18 Å². The molecule has 0 N–H and O–H groups in total. The van der Waals surface area contributed by atoms with Gasteiger partial charge in [-0.25, -0.2) is 4.98 Å². The fourth-order valence-corrected chi connectivity index (χ4v) is 1.92. The first-order valence-corrected chi connectivity index (χ1v) is 6.20. The zero-order chi connectivity index (χ0) is 14.9. The van der Waals surface area contributed by atoms with E-state index in [0.29, 0.717) is 0 Å². The van der Waals surface area contributed by atoms with Crippen molar-refractivity contribution in [2.45, 2.75) is 13.1 Å². The van der Waals surface area contributed by atoms with E-state index in [1.807, 2.05) is 31.2 Å². The van der Waals surface area contributed by atoms with Crippen molar-refractivity contribution in [1.29, 1.82) is 0 Å². The highest BCUT2D eigenvalue weighted by Gasteiger charge is 2.32. The molecule has 2 aromatic rings. The number of hydrogen-bond donors (Lipinski definition) is 0. The van der Waals surface area contributed by atoms with Gasteiger partial charge in [0.05, 0.1) is 5.56 Å². The molecule has 0 bridgehead atoms. The molecule has 0 saturated carbocycles. The van der Waals surface area contributed by atoms with Crippen LogP contribution in [0.15, 0.2) is 36.4 Å². The number of benzene rings is 1. The van der Waals surface area contributed by atoms with Gasteiger partial charge in [0, 0.05) is 12.7 Å². The van der Waals surface area contributed by atoms with Crippen LogP contribution in [0.25, 0.3) is 0 Å². The normalized spacial score (nSPS) is 11.5. The third-order valence-electron chi connectivity index (χ3n) is 2.87. The van der Waals surface area contributed by atoms with Crippen molar-refractivity contribution in [1.82, 2.24) is 4.98 Å². The van der Waals surface area contributed by atoms with Crippen LogP contribution in [-0.2, 0) is 6.18 Å². The standard InChI is InChI=1S/C14H12ClF3N2/c1-9-3-5-11(6-4-9)20(2)13-8-10(14(16,17)18)7-12(15)19-13/h3-8H,1-2H3. The molecule has 0 atom stereocenters. The largest absolute Gasteiger partial charge is 0.416 e. The van der Waals surface area contributed by atoms with Gasteiger partial charge in [0.2, 0.25) is 0 Å². The molecule has 0 aliphatic heterocycles. The maximum atomic E-state index is 12.8. The molecule has 0 spiro atoms. The highest BCUT2D eigenvalue weighted by Crippen LogP contribution is 2.34. The second-order valence-electron chi connectivity index (χ2n) is 4.43. The lowest BCUT2D eigenvalue weighted by Gasteiger charge is -2.20. The van der Waals surface area contributed by atoms with Crippen molar-refractivity contribution < 1.29 is 13.2 Å². The Hall–Kier alpha value is -1.75. The Labute approximate surface area is 119 Å². The Morgan fingerprint density at radius 2 is 1.70 bits per heavy atom. The molecule has 0 aliphatic rings. The molecule has 1 aromatic carbocycles. The molecular formula is C14H12ClF3N2. The predicted molar refractivity (Wildman–Crippen MR) is 73.5 cm³/mol. The quantitative estimate of drug-likeness (QED) is 0.738. The highest BCUT2D eigenvalue weighted by atomic mass is 35.5. The summed E-state index contributed by atoms with van der Waals surface area (Å²) in [7, 11) is 1.64. The first-order valence-electron chi connectivity index (χ1n) is 5.82. The monoisotopic (exact) mass is 300 g/mol. The summed E-state index contributed by atoms with van der Waals surface area (Å²) in [6.45, 7) is 1.93. The summed E-state index contributed by atoms with van der Waals surface area (Å²) in [5.74, 6) is 0.147. The molecule has 0 saturated heterocycles. The van der Waals surface area contributed by atoms with Crippen LogP contribution in [0.5, 0.6) is 0 Å². The van der Waals surface area contributed by atoms with Crippen LogP contribution in [0.1, 0.15) is 11.1 Å². The van der Waals surface area contributed by atoms with Crippen LogP contribution >= 0.6 is 11.6 Å². The summed E-state index contributed by atoms with van der Waals surface area (Å²) in [5.41, 5.74) is 0.988. The molecule has 0 aliphatic carbocycles. The molecule has 106 valence electrons. The molecule has 0 radical (unpaired) electrons. The fraction of sp³-hybridized carbons (Fsp3) is 0.214. The van der Waals surface area contributed by atoms with Gasteiger partial charge in [-0.3, -0.25) is 0 Å². The molecule has 1 aromatic heterocycles. The summed E-state index contributed by atoms with van der Waals surface area (Å²) in [4.78, 5) is 5.49. The maximum absolute atomic E-state index is 12.8. The van der Waals surface area contributed by atoms with Gasteiger partial charge in [-0.15, -0.1) is 0 Å². The van der Waals surface area contributed by atoms with Crippen LogP contribution in [0, 0.1) is 6.92 Å². The molecule has 2 rings (SSSR count). The second-order valence-corrected chi connectivity index (χ2v) is 4.82.